The van der Waals surface area contributed by atoms with E-state index in [2.05, 4.69) is 17.1 Å². The maximum atomic E-state index is 15.1. The summed E-state index contributed by atoms with van der Waals surface area (Å²) in [7, 11) is 1.67. The molecule has 4 rings (SSSR count). The number of amides is 1. The van der Waals surface area contributed by atoms with Crippen LogP contribution in [0.15, 0.2) is 42.5 Å². The highest BCUT2D eigenvalue weighted by molar-refractivity contribution is 6.05. The molecule has 0 saturated carbocycles. The maximum Gasteiger partial charge on any atom is 0.258 e. The first-order valence-corrected chi connectivity index (χ1v) is 12.5. The van der Waals surface area contributed by atoms with Gasteiger partial charge in [-0.1, -0.05) is 13.3 Å². The van der Waals surface area contributed by atoms with E-state index in [9.17, 15) is 4.79 Å². The standard InChI is InChI=1S/C27H36FN3O3/c1-3-4-15-33-23-10-7-20(8-11-23)27(32)30(2)22-9-12-26(25(28)17-22)31-14-13-21(19-31)29-18-24-6-5-16-34-24/h7-12,17,21,24,29H,3-6,13-16,18-19H2,1-2H3. The van der Waals surface area contributed by atoms with Gasteiger partial charge in [-0.2, -0.15) is 0 Å². The van der Waals surface area contributed by atoms with Crippen LogP contribution in [-0.2, 0) is 4.74 Å². The Hall–Kier alpha value is -2.64. The molecule has 1 amide bonds. The predicted octanol–water partition coefficient (Wildman–Crippen LogP) is 4.63. The summed E-state index contributed by atoms with van der Waals surface area (Å²) in [6, 6.07) is 12.5. The highest BCUT2D eigenvalue weighted by Crippen LogP contribution is 2.28. The third kappa shape index (κ3) is 6.07. The minimum Gasteiger partial charge on any atom is -0.494 e. The fourth-order valence-corrected chi connectivity index (χ4v) is 4.55. The summed E-state index contributed by atoms with van der Waals surface area (Å²) >= 11 is 0. The lowest BCUT2D eigenvalue weighted by atomic mass is 10.1. The Morgan fingerprint density at radius 1 is 1.24 bits per heavy atom. The smallest absolute Gasteiger partial charge is 0.258 e. The van der Waals surface area contributed by atoms with Crippen LogP contribution >= 0.6 is 0 Å². The van der Waals surface area contributed by atoms with E-state index in [-0.39, 0.29) is 11.7 Å². The summed E-state index contributed by atoms with van der Waals surface area (Å²) in [5, 5.41) is 3.57. The number of anilines is 2. The van der Waals surface area contributed by atoms with Gasteiger partial charge in [0.25, 0.3) is 5.91 Å². The van der Waals surface area contributed by atoms with Crippen molar-refractivity contribution >= 4 is 17.3 Å². The predicted molar refractivity (Wildman–Crippen MR) is 134 cm³/mol. The van der Waals surface area contributed by atoms with Crippen LogP contribution in [0.4, 0.5) is 15.8 Å². The number of benzene rings is 2. The Bertz CT molecular complexity index is 947. The van der Waals surface area contributed by atoms with Gasteiger partial charge in [0.1, 0.15) is 11.6 Å². The Labute approximate surface area is 202 Å². The van der Waals surface area contributed by atoms with Gasteiger partial charge in [0.05, 0.1) is 18.4 Å². The molecule has 2 aromatic carbocycles. The van der Waals surface area contributed by atoms with Crippen molar-refractivity contribution in [1.29, 1.82) is 0 Å². The summed E-state index contributed by atoms with van der Waals surface area (Å²) in [5.41, 5.74) is 1.65. The lowest BCUT2D eigenvalue weighted by Crippen LogP contribution is -2.37. The molecule has 0 aliphatic carbocycles. The zero-order chi connectivity index (χ0) is 23.9. The molecular formula is C27H36FN3O3. The Morgan fingerprint density at radius 2 is 2.06 bits per heavy atom. The number of nitrogens with one attached hydrogen (secondary N) is 1. The number of halogens is 1. The molecule has 6 nitrogen and oxygen atoms in total. The second-order valence-corrected chi connectivity index (χ2v) is 9.20. The molecule has 2 heterocycles. The number of unbranched alkanes of at least 4 members (excludes halogenated alkanes) is 1. The summed E-state index contributed by atoms with van der Waals surface area (Å²) in [6.45, 7) is 6.07. The minimum absolute atomic E-state index is 0.188. The van der Waals surface area contributed by atoms with Gasteiger partial charge in [-0.25, -0.2) is 4.39 Å². The summed E-state index contributed by atoms with van der Waals surface area (Å²) in [5.74, 6) is 0.251. The number of ether oxygens (including phenoxy) is 2. The lowest BCUT2D eigenvalue weighted by Gasteiger charge is -2.23. The van der Waals surface area contributed by atoms with Crippen LogP contribution in [0.2, 0.25) is 0 Å². The molecule has 0 aromatic heterocycles. The number of nitrogens with zero attached hydrogens (tertiary/aromatic N) is 2. The molecule has 1 N–H and O–H groups in total. The Morgan fingerprint density at radius 3 is 2.76 bits per heavy atom. The molecule has 2 aliphatic rings. The van der Waals surface area contributed by atoms with Crippen molar-refractivity contribution in [3.8, 4) is 5.75 Å². The molecule has 0 spiro atoms. The van der Waals surface area contributed by atoms with Crippen molar-refractivity contribution in [3.63, 3.8) is 0 Å². The molecule has 184 valence electrons. The van der Waals surface area contributed by atoms with Gasteiger partial charge in [-0.05, 0) is 68.1 Å². The van der Waals surface area contributed by atoms with E-state index >= 15 is 4.39 Å². The summed E-state index contributed by atoms with van der Waals surface area (Å²) in [4.78, 5) is 16.5. The number of hydrogen-bond acceptors (Lipinski definition) is 5. The SMILES string of the molecule is CCCCOc1ccc(C(=O)N(C)c2ccc(N3CCC(NCC4CCCO4)C3)c(F)c2)cc1. The molecule has 2 fully saturated rings. The Balaban J connectivity index is 1.33. The highest BCUT2D eigenvalue weighted by atomic mass is 19.1. The monoisotopic (exact) mass is 469 g/mol. The number of carbonyl (C=O) groups is 1. The molecule has 2 atom stereocenters. The largest absolute Gasteiger partial charge is 0.494 e. The van der Waals surface area contributed by atoms with Gasteiger partial charge in [0.15, 0.2) is 0 Å². The third-order valence-corrected chi connectivity index (χ3v) is 6.68. The van der Waals surface area contributed by atoms with E-state index < -0.39 is 0 Å². The Kier molecular flexibility index (Phi) is 8.40. The molecule has 34 heavy (non-hydrogen) atoms. The van der Waals surface area contributed by atoms with E-state index in [1.54, 1.807) is 37.4 Å². The maximum absolute atomic E-state index is 15.1. The zero-order valence-corrected chi connectivity index (χ0v) is 20.3. The van der Waals surface area contributed by atoms with Crippen molar-refractivity contribution in [3.05, 3.63) is 53.8 Å². The van der Waals surface area contributed by atoms with Crippen LogP contribution in [0.1, 0.15) is 49.4 Å². The fourth-order valence-electron chi connectivity index (χ4n) is 4.55. The van der Waals surface area contributed by atoms with Crippen LogP contribution < -0.4 is 19.9 Å². The third-order valence-electron chi connectivity index (χ3n) is 6.68. The fraction of sp³-hybridized carbons (Fsp3) is 0.519. The van der Waals surface area contributed by atoms with Crippen molar-refractivity contribution in [2.75, 3.05) is 49.7 Å². The van der Waals surface area contributed by atoms with Gasteiger partial charge in [-0.15, -0.1) is 0 Å². The molecule has 0 radical (unpaired) electrons. The van der Waals surface area contributed by atoms with Crippen LogP contribution in [-0.4, -0.2) is 57.9 Å². The van der Waals surface area contributed by atoms with Crippen molar-refractivity contribution in [2.24, 2.45) is 0 Å². The van der Waals surface area contributed by atoms with Crippen LogP contribution in [0.25, 0.3) is 0 Å². The van der Waals surface area contributed by atoms with Crippen molar-refractivity contribution in [2.45, 2.75) is 51.2 Å². The molecular weight excluding hydrogens is 433 g/mol. The molecule has 2 aromatic rings. The van der Waals surface area contributed by atoms with Crippen LogP contribution in [0.3, 0.4) is 0 Å². The van der Waals surface area contributed by atoms with Crippen molar-refractivity contribution in [1.82, 2.24) is 5.32 Å². The summed E-state index contributed by atoms with van der Waals surface area (Å²) in [6.07, 6.45) is 5.60. The number of carbonyl (C=O) groups excluding carboxylic acids is 1. The number of hydrogen-bond donors (Lipinski definition) is 1. The quantitative estimate of drug-likeness (QED) is 0.515. The molecule has 0 bridgehead atoms. The van der Waals surface area contributed by atoms with Crippen LogP contribution in [0, 0.1) is 5.82 Å². The van der Waals surface area contributed by atoms with Crippen molar-refractivity contribution < 1.29 is 18.7 Å². The summed E-state index contributed by atoms with van der Waals surface area (Å²) < 4.78 is 26.4. The molecule has 2 aliphatic heterocycles. The normalized spacial score (nSPS) is 20.0. The van der Waals surface area contributed by atoms with E-state index in [0.717, 1.165) is 64.1 Å². The second-order valence-electron chi connectivity index (χ2n) is 9.20. The lowest BCUT2D eigenvalue weighted by molar-refractivity contribution is 0.0993. The topological polar surface area (TPSA) is 54.0 Å². The zero-order valence-electron chi connectivity index (χ0n) is 20.3. The van der Waals surface area contributed by atoms with E-state index in [0.29, 0.717) is 35.7 Å². The second kappa shape index (κ2) is 11.7. The first kappa shape index (κ1) is 24.5. The van der Waals surface area contributed by atoms with Gasteiger partial charge in [0, 0.05) is 50.6 Å². The van der Waals surface area contributed by atoms with E-state index in [1.807, 2.05) is 6.07 Å². The first-order chi connectivity index (χ1) is 16.5. The van der Waals surface area contributed by atoms with Gasteiger partial charge < -0.3 is 24.6 Å². The van der Waals surface area contributed by atoms with Crippen LogP contribution in [0.5, 0.6) is 5.75 Å². The number of rotatable bonds is 10. The molecule has 2 saturated heterocycles. The average Bonchev–Trinajstić information content (AvgIpc) is 3.55. The van der Waals surface area contributed by atoms with E-state index in [1.165, 1.54) is 11.0 Å². The van der Waals surface area contributed by atoms with Gasteiger partial charge >= 0.3 is 0 Å². The first-order valence-electron chi connectivity index (χ1n) is 12.5. The molecule has 2 unspecified atom stereocenters. The average molecular weight is 470 g/mol. The minimum atomic E-state index is -0.309. The van der Waals surface area contributed by atoms with Gasteiger partial charge in [-0.3, -0.25) is 4.79 Å². The molecule has 7 heteroatoms. The highest BCUT2D eigenvalue weighted by Gasteiger charge is 2.26. The van der Waals surface area contributed by atoms with Gasteiger partial charge in [0.2, 0.25) is 0 Å². The van der Waals surface area contributed by atoms with E-state index in [4.69, 9.17) is 9.47 Å².